The second-order valence-electron chi connectivity index (χ2n) is 3.00. The molecular formula is C12H9NOS2. The van der Waals surface area contributed by atoms with Crippen LogP contribution in [0.15, 0.2) is 29.0 Å². The van der Waals surface area contributed by atoms with Crippen LogP contribution in [-0.4, -0.2) is 7.11 Å². The molecular weight excluding hydrogens is 238 g/mol. The Kier molecular flexibility index (Phi) is 3.40. The van der Waals surface area contributed by atoms with Gasteiger partial charge in [0.15, 0.2) is 0 Å². The molecule has 2 aromatic heterocycles. The molecule has 4 heteroatoms. The molecule has 0 unspecified atom stereocenters. The summed E-state index contributed by atoms with van der Waals surface area (Å²) in [4.78, 5) is 1.96. The van der Waals surface area contributed by atoms with Gasteiger partial charge in [0.1, 0.15) is 11.8 Å². The van der Waals surface area contributed by atoms with Gasteiger partial charge in [-0.15, -0.1) is 22.7 Å². The van der Waals surface area contributed by atoms with E-state index in [0.29, 0.717) is 5.57 Å². The van der Waals surface area contributed by atoms with Gasteiger partial charge in [0, 0.05) is 4.88 Å². The largest absolute Gasteiger partial charge is 0.495 e. The first-order chi connectivity index (χ1) is 7.85. The first-order valence-corrected chi connectivity index (χ1v) is 6.38. The zero-order chi connectivity index (χ0) is 11.4. The van der Waals surface area contributed by atoms with Gasteiger partial charge < -0.3 is 4.74 Å². The minimum Gasteiger partial charge on any atom is -0.495 e. The van der Waals surface area contributed by atoms with Crippen LogP contribution in [0.2, 0.25) is 0 Å². The van der Waals surface area contributed by atoms with Crippen molar-refractivity contribution in [2.24, 2.45) is 0 Å². The monoisotopic (exact) mass is 247 g/mol. The smallest absolute Gasteiger partial charge is 0.136 e. The van der Waals surface area contributed by atoms with Crippen LogP contribution in [-0.2, 0) is 0 Å². The van der Waals surface area contributed by atoms with E-state index in [2.05, 4.69) is 6.07 Å². The lowest BCUT2D eigenvalue weighted by Crippen LogP contribution is -1.81. The van der Waals surface area contributed by atoms with Gasteiger partial charge in [0.2, 0.25) is 0 Å². The van der Waals surface area contributed by atoms with Crippen LogP contribution in [0.4, 0.5) is 0 Å². The molecule has 0 aliphatic rings. The van der Waals surface area contributed by atoms with Gasteiger partial charge in [-0.1, -0.05) is 6.07 Å². The molecule has 2 rings (SSSR count). The quantitative estimate of drug-likeness (QED) is 0.771. The van der Waals surface area contributed by atoms with Crippen LogP contribution < -0.4 is 4.74 Å². The number of nitrogens with zero attached hydrogens (tertiary/aromatic N) is 1. The minimum atomic E-state index is 0.677. The Hall–Kier alpha value is -1.57. The fourth-order valence-electron chi connectivity index (χ4n) is 1.30. The lowest BCUT2D eigenvalue weighted by Gasteiger charge is -1.97. The first kappa shape index (κ1) is 10.9. The first-order valence-electron chi connectivity index (χ1n) is 4.62. The zero-order valence-corrected chi connectivity index (χ0v) is 10.3. The van der Waals surface area contributed by atoms with Crippen LogP contribution in [0.5, 0.6) is 5.75 Å². The average Bonchev–Trinajstić information content (AvgIpc) is 2.96. The van der Waals surface area contributed by atoms with E-state index in [1.807, 2.05) is 35.0 Å². The van der Waals surface area contributed by atoms with Gasteiger partial charge in [-0.2, -0.15) is 5.26 Å². The topological polar surface area (TPSA) is 33.0 Å². The Morgan fingerprint density at radius 3 is 2.88 bits per heavy atom. The molecule has 0 spiro atoms. The van der Waals surface area contributed by atoms with Crippen molar-refractivity contribution in [2.75, 3.05) is 7.11 Å². The number of hydrogen-bond donors (Lipinski definition) is 0. The molecule has 2 heterocycles. The van der Waals surface area contributed by atoms with Crippen molar-refractivity contribution < 1.29 is 4.74 Å². The van der Waals surface area contributed by atoms with Crippen LogP contribution in [0.1, 0.15) is 9.75 Å². The highest BCUT2D eigenvalue weighted by Crippen LogP contribution is 2.30. The summed E-state index contributed by atoms with van der Waals surface area (Å²) in [6.45, 7) is 0. The Morgan fingerprint density at radius 1 is 1.38 bits per heavy atom. The summed E-state index contributed by atoms with van der Waals surface area (Å²) in [5, 5.41) is 13.0. The van der Waals surface area contributed by atoms with Crippen LogP contribution >= 0.6 is 22.7 Å². The Bertz CT molecular complexity index is 532. The third kappa shape index (κ3) is 2.16. The molecule has 2 aromatic rings. The molecule has 0 radical (unpaired) electrons. The van der Waals surface area contributed by atoms with Crippen molar-refractivity contribution >= 4 is 34.3 Å². The number of rotatable bonds is 3. The van der Waals surface area contributed by atoms with Gasteiger partial charge >= 0.3 is 0 Å². The van der Waals surface area contributed by atoms with Gasteiger partial charge in [-0.05, 0) is 29.0 Å². The maximum Gasteiger partial charge on any atom is 0.136 e. The van der Waals surface area contributed by atoms with E-state index < -0.39 is 0 Å². The maximum atomic E-state index is 9.11. The molecule has 0 fully saturated rings. The van der Waals surface area contributed by atoms with Crippen molar-refractivity contribution in [3.05, 3.63) is 38.7 Å². The predicted octanol–water partition coefficient (Wildman–Crippen LogP) is 3.88. The van der Waals surface area contributed by atoms with Gasteiger partial charge in [0.25, 0.3) is 0 Å². The summed E-state index contributed by atoms with van der Waals surface area (Å²) < 4.78 is 5.21. The fourth-order valence-corrected chi connectivity index (χ4v) is 2.79. The van der Waals surface area contributed by atoms with E-state index in [1.165, 1.54) is 0 Å². The normalized spacial score (nSPS) is 11.1. The number of thiophene rings is 2. The molecule has 0 aliphatic heterocycles. The Labute approximate surface area is 102 Å². The highest BCUT2D eigenvalue weighted by molar-refractivity contribution is 7.12. The molecule has 0 saturated carbocycles. The SMILES string of the molecule is COc1ccsc1/C=C(\C#N)c1cccs1. The van der Waals surface area contributed by atoms with Crippen molar-refractivity contribution in [3.63, 3.8) is 0 Å². The maximum absolute atomic E-state index is 9.11. The predicted molar refractivity (Wildman–Crippen MR) is 68.7 cm³/mol. The molecule has 0 N–H and O–H groups in total. The third-order valence-corrected chi connectivity index (χ3v) is 3.81. The lowest BCUT2D eigenvalue weighted by atomic mass is 10.2. The highest BCUT2D eigenvalue weighted by Gasteiger charge is 2.06. The molecule has 2 nitrogen and oxygen atoms in total. The summed E-state index contributed by atoms with van der Waals surface area (Å²) in [7, 11) is 1.64. The molecule has 16 heavy (non-hydrogen) atoms. The number of ether oxygens (including phenoxy) is 1. The second kappa shape index (κ2) is 4.97. The molecule has 0 amide bonds. The van der Waals surface area contributed by atoms with E-state index in [9.17, 15) is 0 Å². The molecule has 0 atom stereocenters. The van der Waals surface area contributed by atoms with E-state index in [0.717, 1.165) is 15.5 Å². The third-order valence-electron chi connectivity index (χ3n) is 2.06. The number of methoxy groups -OCH3 is 1. The summed E-state index contributed by atoms with van der Waals surface area (Å²) in [5.74, 6) is 0.814. The van der Waals surface area contributed by atoms with Crippen molar-refractivity contribution in [2.45, 2.75) is 0 Å². The highest BCUT2D eigenvalue weighted by atomic mass is 32.1. The molecule has 80 valence electrons. The van der Waals surface area contributed by atoms with E-state index in [4.69, 9.17) is 10.00 Å². The van der Waals surface area contributed by atoms with Gasteiger partial charge in [0.05, 0.1) is 17.6 Å². The second-order valence-corrected chi connectivity index (χ2v) is 4.90. The molecule has 0 aromatic carbocycles. The Morgan fingerprint density at radius 2 is 2.25 bits per heavy atom. The van der Waals surface area contributed by atoms with Crippen molar-refractivity contribution in [3.8, 4) is 11.8 Å². The van der Waals surface area contributed by atoms with Gasteiger partial charge in [-0.3, -0.25) is 0 Å². The molecule has 0 aliphatic carbocycles. The summed E-state index contributed by atoms with van der Waals surface area (Å²) in [6, 6.07) is 8.00. The molecule has 0 bridgehead atoms. The number of allylic oxidation sites excluding steroid dienone is 1. The fraction of sp³-hybridized carbons (Fsp3) is 0.0833. The zero-order valence-electron chi connectivity index (χ0n) is 8.64. The average molecular weight is 247 g/mol. The Balaban J connectivity index is 2.39. The van der Waals surface area contributed by atoms with Crippen molar-refractivity contribution in [1.29, 1.82) is 5.26 Å². The summed E-state index contributed by atoms with van der Waals surface area (Å²) >= 11 is 3.13. The van der Waals surface area contributed by atoms with E-state index in [1.54, 1.807) is 29.8 Å². The van der Waals surface area contributed by atoms with E-state index in [-0.39, 0.29) is 0 Å². The van der Waals surface area contributed by atoms with Crippen molar-refractivity contribution in [1.82, 2.24) is 0 Å². The van der Waals surface area contributed by atoms with Crippen LogP contribution in [0, 0.1) is 11.3 Å². The number of nitriles is 1. The summed E-state index contributed by atoms with van der Waals surface area (Å²) in [6.07, 6.45) is 1.87. The van der Waals surface area contributed by atoms with Crippen LogP contribution in [0.3, 0.4) is 0 Å². The lowest BCUT2D eigenvalue weighted by molar-refractivity contribution is 0.416. The van der Waals surface area contributed by atoms with Crippen LogP contribution in [0.25, 0.3) is 11.6 Å². The standard InChI is InChI=1S/C12H9NOS2/c1-14-10-4-6-16-12(10)7-9(8-13)11-3-2-5-15-11/h2-7H,1H3/b9-7+. The minimum absolute atomic E-state index is 0.677. The van der Waals surface area contributed by atoms with Gasteiger partial charge in [-0.25, -0.2) is 0 Å². The summed E-state index contributed by atoms with van der Waals surface area (Å²) in [5.41, 5.74) is 0.677. The number of hydrogen-bond acceptors (Lipinski definition) is 4. The molecule has 0 saturated heterocycles. The van der Waals surface area contributed by atoms with E-state index >= 15 is 0 Å².